The van der Waals surface area contributed by atoms with Crippen LogP contribution in [0.25, 0.3) is 0 Å². The third-order valence-electron chi connectivity index (χ3n) is 2.19. The van der Waals surface area contributed by atoms with Crippen LogP contribution in [0, 0.1) is 11.3 Å². The van der Waals surface area contributed by atoms with Gasteiger partial charge in [0, 0.05) is 25.2 Å². The molecule has 0 saturated heterocycles. The van der Waals surface area contributed by atoms with Gasteiger partial charge in [0.25, 0.3) is 0 Å². The Kier molecular flexibility index (Phi) is 4.41. The number of likely N-dealkylation sites (N-methyl/N-ethyl adjacent to an activating group) is 2. The summed E-state index contributed by atoms with van der Waals surface area (Å²) in [6.45, 7) is 1.73. The van der Waals surface area contributed by atoms with Crippen molar-refractivity contribution in [1.29, 1.82) is 5.26 Å². The Morgan fingerprint density at radius 3 is 2.87 bits per heavy atom. The summed E-state index contributed by atoms with van der Waals surface area (Å²) in [5.74, 6) is 0. The standard InChI is InChI=1S/C11H14ClN3/c1-14-5-6-15(2)11-4-3-10(12)7-9(11)8-13/h3-4,7,14H,5-6H2,1-2H3. The van der Waals surface area contributed by atoms with Crippen molar-refractivity contribution in [3.8, 4) is 6.07 Å². The number of nitrogens with one attached hydrogen (secondary N) is 1. The van der Waals surface area contributed by atoms with E-state index in [9.17, 15) is 0 Å². The van der Waals surface area contributed by atoms with Gasteiger partial charge in [-0.1, -0.05) is 11.6 Å². The Morgan fingerprint density at radius 2 is 2.27 bits per heavy atom. The lowest BCUT2D eigenvalue weighted by Crippen LogP contribution is -2.27. The van der Waals surface area contributed by atoms with Gasteiger partial charge >= 0.3 is 0 Å². The molecule has 4 heteroatoms. The van der Waals surface area contributed by atoms with E-state index in [2.05, 4.69) is 11.4 Å². The molecule has 0 amide bonds. The minimum Gasteiger partial charge on any atom is -0.372 e. The van der Waals surface area contributed by atoms with Crippen LogP contribution in [0.4, 0.5) is 5.69 Å². The number of nitriles is 1. The van der Waals surface area contributed by atoms with Gasteiger partial charge in [-0.2, -0.15) is 5.26 Å². The quantitative estimate of drug-likeness (QED) is 0.847. The van der Waals surface area contributed by atoms with Gasteiger partial charge in [-0.25, -0.2) is 0 Å². The Morgan fingerprint density at radius 1 is 1.53 bits per heavy atom. The molecule has 0 unspecified atom stereocenters. The van der Waals surface area contributed by atoms with Gasteiger partial charge in [-0.3, -0.25) is 0 Å². The normalized spacial score (nSPS) is 9.73. The summed E-state index contributed by atoms with van der Waals surface area (Å²) in [4.78, 5) is 2.03. The van der Waals surface area contributed by atoms with Crippen LogP contribution >= 0.6 is 11.6 Å². The number of halogens is 1. The van der Waals surface area contributed by atoms with Gasteiger partial charge in [0.2, 0.25) is 0 Å². The number of anilines is 1. The number of rotatable bonds is 4. The fourth-order valence-corrected chi connectivity index (χ4v) is 1.50. The van der Waals surface area contributed by atoms with Crippen LogP contribution < -0.4 is 10.2 Å². The number of hydrogen-bond acceptors (Lipinski definition) is 3. The van der Waals surface area contributed by atoms with Crippen LogP contribution in [0.1, 0.15) is 5.56 Å². The van der Waals surface area contributed by atoms with Crippen LogP contribution in [-0.2, 0) is 0 Å². The van der Waals surface area contributed by atoms with Crippen molar-refractivity contribution in [1.82, 2.24) is 5.32 Å². The van der Waals surface area contributed by atoms with E-state index >= 15 is 0 Å². The summed E-state index contributed by atoms with van der Waals surface area (Å²) >= 11 is 5.82. The maximum absolute atomic E-state index is 8.97. The highest BCUT2D eigenvalue weighted by molar-refractivity contribution is 6.30. The molecule has 0 aromatic heterocycles. The molecule has 0 aliphatic rings. The molecule has 3 nitrogen and oxygen atoms in total. The Bertz CT molecular complexity index is 371. The van der Waals surface area contributed by atoms with E-state index in [0.29, 0.717) is 10.6 Å². The maximum atomic E-state index is 8.97. The lowest BCUT2D eigenvalue weighted by Gasteiger charge is -2.20. The van der Waals surface area contributed by atoms with Crippen molar-refractivity contribution in [2.45, 2.75) is 0 Å². The fraction of sp³-hybridized carbons (Fsp3) is 0.364. The van der Waals surface area contributed by atoms with Crippen LogP contribution in [0.15, 0.2) is 18.2 Å². The summed E-state index contributed by atoms with van der Waals surface area (Å²) in [5, 5.41) is 12.6. The van der Waals surface area contributed by atoms with Crippen molar-refractivity contribution < 1.29 is 0 Å². The second kappa shape index (κ2) is 5.59. The van der Waals surface area contributed by atoms with E-state index in [0.717, 1.165) is 18.8 Å². The zero-order valence-corrected chi connectivity index (χ0v) is 9.67. The second-order valence-electron chi connectivity index (χ2n) is 3.30. The van der Waals surface area contributed by atoms with E-state index in [1.807, 2.05) is 25.1 Å². The smallest absolute Gasteiger partial charge is 0.101 e. The first-order valence-corrected chi connectivity index (χ1v) is 5.12. The highest BCUT2D eigenvalue weighted by atomic mass is 35.5. The molecule has 0 heterocycles. The summed E-state index contributed by atoms with van der Waals surface area (Å²) in [5.41, 5.74) is 1.53. The molecule has 0 bridgehead atoms. The van der Waals surface area contributed by atoms with Crippen molar-refractivity contribution in [2.24, 2.45) is 0 Å². The van der Waals surface area contributed by atoms with Crippen molar-refractivity contribution in [3.05, 3.63) is 28.8 Å². The average Bonchev–Trinajstić information content (AvgIpc) is 2.25. The lowest BCUT2D eigenvalue weighted by molar-refractivity contribution is 0.767. The molecule has 1 N–H and O–H groups in total. The van der Waals surface area contributed by atoms with Crippen LogP contribution in [0.3, 0.4) is 0 Å². The number of nitrogens with zero attached hydrogens (tertiary/aromatic N) is 2. The van der Waals surface area contributed by atoms with E-state index < -0.39 is 0 Å². The second-order valence-corrected chi connectivity index (χ2v) is 3.73. The molecule has 0 aliphatic carbocycles. The molecule has 0 spiro atoms. The maximum Gasteiger partial charge on any atom is 0.101 e. The van der Waals surface area contributed by atoms with Crippen LogP contribution in [0.2, 0.25) is 5.02 Å². The molecule has 0 atom stereocenters. The first-order valence-electron chi connectivity index (χ1n) is 4.74. The third-order valence-corrected chi connectivity index (χ3v) is 2.42. The molecular formula is C11H14ClN3. The van der Waals surface area contributed by atoms with Gasteiger partial charge in [-0.05, 0) is 25.2 Å². The van der Waals surface area contributed by atoms with Crippen molar-refractivity contribution >= 4 is 17.3 Å². The molecule has 0 radical (unpaired) electrons. The summed E-state index contributed by atoms with van der Waals surface area (Å²) in [7, 11) is 3.86. The fourth-order valence-electron chi connectivity index (χ4n) is 1.33. The third kappa shape index (κ3) is 3.12. The zero-order chi connectivity index (χ0) is 11.3. The summed E-state index contributed by atoms with van der Waals surface area (Å²) in [6, 6.07) is 7.51. The predicted molar refractivity (Wildman–Crippen MR) is 63.4 cm³/mol. The van der Waals surface area contributed by atoms with Crippen molar-refractivity contribution in [3.63, 3.8) is 0 Å². The molecular weight excluding hydrogens is 210 g/mol. The largest absolute Gasteiger partial charge is 0.372 e. The van der Waals surface area contributed by atoms with E-state index in [-0.39, 0.29) is 0 Å². The summed E-state index contributed by atoms with van der Waals surface area (Å²) in [6.07, 6.45) is 0. The number of hydrogen-bond donors (Lipinski definition) is 1. The summed E-state index contributed by atoms with van der Waals surface area (Å²) < 4.78 is 0. The average molecular weight is 224 g/mol. The zero-order valence-electron chi connectivity index (χ0n) is 8.92. The SMILES string of the molecule is CNCCN(C)c1ccc(Cl)cc1C#N. The first kappa shape index (κ1) is 11.8. The van der Waals surface area contributed by atoms with Crippen molar-refractivity contribution in [2.75, 3.05) is 32.1 Å². The van der Waals surface area contributed by atoms with E-state index in [1.54, 1.807) is 12.1 Å². The molecule has 15 heavy (non-hydrogen) atoms. The Hall–Kier alpha value is -1.24. The Labute approximate surface area is 95.3 Å². The molecule has 1 rings (SSSR count). The molecule has 1 aromatic rings. The molecule has 0 fully saturated rings. The number of benzene rings is 1. The highest BCUT2D eigenvalue weighted by Gasteiger charge is 2.06. The van der Waals surface area contributed by atoms with Gasteiger partial charge in [0.1, 0.15) is 6.07 Å². The van der Waals surface area contributed by atoms with Gasteiger partial charge in [-0.15, -0.1) is 0 Å². The van der Waals surface area contributed by atoms with Crippen LogP contribution in [-0.4, -0.2) is 27.2 Å². The van der Waals surface area contributed by atoms with Gasteiger partial charge in [0.05, 0.1) is 11.3 Å². The lowest BCUT2D eigenvalue weighted by atomic mass is 10.2. The van der Waals surface area contributed by atoms with Crippen LogP contribution in [0.5, 0.6) is 0 Å². The van der Waals surface area contributed by atoms with E-state index in [4.69, 9.17) is 16.9 Å². The Balaban J connectivity index is 2.89. The molecule has 1 aromatic carbocycles. The molecule has 0 aliphatic heterocycles. The van der Waals surface area contributed by atoms with Gasteiger partial charge in [0.15, 0.2) is 0 Å². The minimum absolute atomic E-state index is 0.595. The highest BCUT2D eigenvalue weighted by Crippen LogP contribution is 2.22. The molecule has 80 valence electrons. The molecule has 0 saturated carbocycles. The van der Waals surface area contributed by atoms with Gasteiger partial charge < -0.3 is 10.2 Å². The monoisotopic (exact) mass is 223 g/mol. The predicted octanol–water partition coefficient (Wildman–Crippen LogP) is 1.87. The first-order chi connectivity index (χ1) is 7.19. The van der Waals surface area contributed by atoms with E-state index in [1.165, 1.54) is 0 Å². The minimum atomic E-state index is 0.595. The topological polar surface area (TPSA) is 39.1 Å².